The predicted octanol–water partition coefficient (Wildman–Crippen LogP) is 1.14. The van der Waals surface area contributed by atoms with Gasteiger partial charge in [-0.15, -0.1) is 0 Å². The van der Waals surface area contributed by atoms with Crippen molar-refractivity contribution in [1.29, 1.82) is 0 Å². The smallest absolute Gasteiger partial charge is 0.253 e. The highest BCUT2D eigenvalue weighted by Crippen LogP contribution is 2.18. The van der Waals surface area contributed by atoms with E-state index in [-0.39, 0.29) is 12.0 Å². The highest BCUT2D eigenvalue weighted by Gasteiger charge is 2.23. The van der Waals surface area contributed by atoms with Crippen molar-refractivity contribution >= 4 is 11.6 Å². The lowest BCUT2D eigenvalue weighted by molar-refractivity contribution is -0.124. The molecule has 1 aliphatic rings. The molecule has 1 aromatic carbocycles. The summed E-state index contributed by atoms with van der Waals surface area (Å²) in [5.74, 6) is 0.665. The summed E-state index contributed by atoms with van der Waals surface area (Å²) in [7, 11) is 0. The van der Waals surface area contributed by atoms with Gasteiger partial charge in [0.1, 0.15) is 18.5 Å². The fourth-order valence-corrected chi connectivity index (χ4v) is 1.82. The van der Waals surface area contributed by atoms with Gasteiger partial charge in [0.15, 0.2) is 0 Å². The number of nitrogens with one attached hydrogen (secondary N) is 1. The van der Waals surface area contributed by atoms with Crippen LogP contribution in [0.2, 0.25) is 0 Å². The van der Waals surface area contributed by atoms with Crippen LogP contribution in [-0.2, 0) is 9.53 Å². The van der Waals surface area contributed by atoms with Crippen molar-refractivity contribution in [2.24, 2.45) is 5.73 Å². The Labute approximate surface area is 106 Å². The van der Waals surface area contributed by atoms with E-state index in [2.05, 4.69) is 5.32 Å². The largest absolute Gasteiger partial charge is 0.492 e. The zero-order valence-electron chi connectivity index (χ0n) is 10.2. The van der Waals surface area contributed by atoms with E-state index in [0.717, 1.165) is 24.3 Å². The molecule has 5 nitrogen and oxygen atoms in total. The first kappa shape index (κ1) is 12.9. The number of nitrogens with two attached hydrogens (primary N) is 1. The van der Waals surface area contributed by atoms with Crippen molar-refractivity contribution in [3.05, 3.63) is 24.3 Å². The van der Waals surface area contributed by atoms with E-state index in [1.54, 1.807) is 24.3 Å². The molecule has 0 aromatic heterocycles. The van der Waals surface area contributed by atoms with Crippen LogP contribution in [0.5, 0.6) is 5.75 Å². The van der Waals surface area contributed by atoms with E-state index in [9.17, 15) is 4.79 Å². The zero-order valence-corrected chi connectivity index (χ0v) is 10.2. The Balaban J connectivity index is 1.87. The Kier molecular flexibility index (Phi) is 4.55. The summed E-state index contributed by atoms with van der Waals surface area (Å²) in [4.78, 5) is 11.8. The minimum absolute atomic E-state index is 0.0804. The van der Waals surface area contributed by atoms with E-state index in [1.807, 2.05) is 0 Å². The number of carbonyl (C=O) groups is 1. The standard InChI is InChI=1S/C13H18N2O3/c14-7-9-17-11-5-3-10(4-6-11)15-13(16)12-2-1-8-18-12/h3-6,12H,1-2,7-9,14H2,(H,15,16)/t12-/m0/s1. The highest BCUT2D eigenvalue weighted by atomic mass is 16.5. The van der Waals surface area contributed by atoms with Crippen LogP contribution in [0.4, 0.5) is 5.69 Å². The van der Waals surface area contributed by atoms with Crippen LogP contribution in [-0.4, -0.2) is 31.8 Å². The molecule has 1 heterocycles. The van der Waals surface area contributed by atoms with Gasteiger partial charge < -0.3 is 20.5 Å². The van der Waals surface area contributed by atoms with Crippen LogP contribution >= 0.6 is 0 Å². The molecule has 1 fully saturated rings. The molecule has 1 atom stereocenters. The Morgan fingerprint density at radius 2 is 2.22 bits per heavy atom. The number of rotatable bonds is 5. The summed E-state index contributed by atoms with van der Waals surface area (Å²) in [6.07, 6.45) is 1.44. The molecule has 0 saturated carbocycles. The number of anilines is 1. The fraction of sp³-hybridized carbons (Fsp3) is 0.462. The summed E-state index contributed by atoms with van der Waals surface area (Å²) in [6.45, 7) is 1.64. The first-order valence-corrected chi connectivity index (χ1v) is 6.15. The maximum Gasteiger partial charge on any atom is 0.253 e. The van der Waals surface area contributed by atoms with Gasteiger partial charge in [-0.2, -0.15) is 0 Å². The molecule has 0 aliphatic carbocycles. The van der Waals surface area contributed by atoms with E-state index >= 15 is 0 Å². The minimum atomic E-state index is -0.307. The number of benzene rings is 1. The van der Waals surface area contributed by atoms with Gasteiger partial charge in [-0.05, 0) is 37.1 Å². The van der Waals surface area contributed by atoms with Gasteiger partial charge >= 0.3 is 0 Å². The maximum atomic E-state index is 11.8. The Hall–Kier alpha value is -1.59. The van der Waals surface area contributed by atoms with Crippen molar-refractivity contribution in [2.45, 2.75) is 18.9 Å². The summed E-state index contributed by atoms with van der Waals surface area (Å²) < 4.78 is 10.7. The van der Waals surface area contributed by atoms with Crippen molar-refractivity contribution in [2.75, 3.05) is 25.1 Å². The molecule has 0 spiro atoms. The van der Waals surface area contributed by atoms with Crippen LogP contribution in [0, 0.1) is 0 Å². The number of hydrogen-bond donors (Lipinski definition) is 2. The second-order valence-electron chi connectivity index (χ2n) is 4.15. The summed E-state index contributed by atoms with van der Waals surface area (Å²) in [5.41, 5.74) is 6.09. The van der Waals surface area contributed by atoms with E-state index in [0.29, 0.717) is 19.8 Å². The first-order valence-electron chi connectivity index (χ1n) is 6.15. The summed E-state index contributed by atoms with van der Waals surface area (Å²) >= 11 is 0. The van der Waals surface area contributed by atoms with Gasteiger partial charge in [0.25, 0.3) is 5.91 Å². The van der Waals surface area contributed by atoms with Crippen LogP contribution in [0.3, 0.4) is 0 Å². The third-order valence-electron chi connectivity index (χ3n) is 2.73. The van der Waals surface area contributed by atoms with Crippen molar-refractivity contribution in [3.63, 3.8) is 0 Å². The molecule has 18 heavy (non-hydrogen) atoms. The lowest BCUT2D eigenvalue weighted by atomic mass is 10.2. The molecule has 1 amide bonds. The van der Waals surface area contributed by atoms with E-state index in [4.69, 9.17) is 15.2 Å². The topological polar surface area (TPSA) is 73.6 Å². The van der Waals surface area contributed by atoms with Crippen LogP contribution in [0.15, 0.2) is 24.3 Å². The second kappa shape index (κ2) is 6.37. The number of amides is 1. The molecule has 2 rings (SSSR count). The maximum absolute atomic E-state index is 11.8. The molecule has 1 saturated heterocycles. The normalized spacial score (nSPS) is 18.6. The average Bonchev–Trinajstić information content (AvgIpc) is 2.92. The molecular formula is C13H18N2O3. The van der Waals surface area contributed by atoms with Crippen molar-refractivity contribution in [3.8, 4) is 5.75 Å². The van der Waals surface area contributed by atoms with Crippen molar-refractivity contribution in [1.82, 2.24) is 0 Å². The van der Waals surface area contributed by atoms with E-state index in [1.165, 1.54) is 0 Å². The third-order valence-corrected chi connectivity index (χ3v) is 2.73. The predicted molar refractivity (Wildman–Crippen MR) is 68.6 cm³/mol. The van der Waals surface area contributed by atoms with E-state index < -0.39 is 0 Å². The average molecular weight is 250 g/mol. The molecule has 5 heteroatoms. The van der Waals surface area contributed by atoms with Gasteiger partial charge in [-0.1, -0.05) is 0 Å². The molecule has 0 bridgehead atoms. The second-order valence-corrected chi connectivity index (χ2v) is 4.15. The van der Waals surface area contributed by atoms with Gasteiger partial charge in [-0.25, -0.2) is 0 Å². The van der Waals surface area contributed by atoms with Gasteiger partial charge in [0.05, 0.1) is 0 Å². The zero-order chi connectivity index (χ0) is 12.8. The lowest BCUT2D eigenvalue weighted by Gasteiger charge is -2.11. The summed E-state index contributed by atoms with van der Waals surface area (Å²) in [6, 6.07) is 7.22. The molecule has 0 unspecified atom stereocenters. The molecule has 1 aromatic rings. The molecule has 98 valence electrons. The first-order chi connectivity index (χ1) is 8.79. The lowest BCUT2D eigenvalue weighted by Crippen LogP contribution is -2.26. The molecule has 0 radical (unpaired) electrons. The van der Waals surface area contributed by atoms with Gasteiger partial charge in [0, 0.05) is 18.8 Å². The Morgan fingerprint density at radius 3 is 2.83 bits per heavy atom. The number of hydrogen-bond acceptors (Lipinski definition) is 4. The summed E-state index contributed by atoms with van der Waals surface area (Å²) in [5, 5.41) is 2.82. The molecule has 1 aliphatic heterocycles. The SMILES string of the molecule is NCCOc1ccc(NC(=O)[C@@H]2CCCO2)cc1. The third kappa shape index (κ3) is 3.45. The molecular weight excluding hydrogens is 232 g/mol. The van der Waals surface area contributed by atoms with Crippen LogP contribution in [0.25, 0.3) is 0 Å². The van der Waals surface area contributed by atoms with Crippen molar-refractivity contribution < 1.29 is 14.3 Å². The highest BCUT2D eigenvalue weighted by molar-refractivity contribution is 5.94. The Bertz CT molecular complexity index is 386. The van der Waals surface area contributed by atoms with Crippen LogP contribution < -0.4 is 15.8 Å². The van der Waals surface area contributed by atoms with Crippen LogP contribution in [0.1, 0.15) is 12.8 Å². The number of ether oxygens (including phenoxy) is 2. The monoisotopic (exact) mass is 250 g/mol. The fourth-order valence-electron chi connectivity index (χ4n) is 1.82. The molecule has 3 N–H and O–H groups in total. The van der Waals surface area contributed by atoms with Gasteiger partial charge in [0.2, 0.25) is 0 Å². The minimum Gasteiger partial charge on any atom is -0.492 e. The number of carbonyl (C=O) groups excluding carboxylic acids is 1. The Morgan fingerprint density at radius 1 is 1.44 bits per heavy atom. The quantitative estimate of drug-likeness (QED) is 0.822. The van der Waals surface area contributed by atoms with Gasteiger partial charge in [-0.3, -0.25) is 4.79 Å².